The van der Waals surface area contributed by atoms with E-state index >= 15 is 0 Å². The SMILES string of the molecule is CNCCCNS(=O)(=O)c1cc[nH]c1. The second-order valence-electron chi connectivity index (χ2n) is 2.90. The zero-order chi connectivity index (χ0) is 10.4. The van der Waals surface area contributed by atoms with E-state index in [0.717, 1.165) is 13.0 Å². The summed E-state index contributed by atoms with van der Waals surface area (Å²) in [4.78, 5) is 2.99. The first kappa shape index (κ1) is 11.2. The molecule has 1 rings (SSSR count). The maximum Gasteiger partial charge on any atom is 0.242 e. The third-order valence-corrected chi connectivity index (χ3v) is 3.23. The predicted molar refractivity (Wildman–Crippen MR) is 54.5 cm³/mol. The van der Waals surface area contributed by atoms with Gasteiger partial charge in [0.1, 0.15) is 0 Å². The summed E-state index contributed by atoms with van der Waals surface area (Å²) in [5.41, 5.74) is 0. The van der Waals surface area contributed by atoms with E-state index < -0.39 is 10.0 Å². The number of hydrogen-bond donors (Lipinski definition) is 3. The molecule has 0 atom stereocenters. The fourth-order valence-electron chi connectivity index (χ4n) is 1.03. The van der Waals surface area contributed by atoms with Crippen molar-refractivity contribution in [1.82, 2.24) is 15.0 Å². The highest BCUT2D eigenvalue weighted by molar-refractivity contribution is 7.89. The van der Waals surface area contributed by atoms with Crippen molar-refractivity contribution in [2.24, 2.45) is 0 Å². The van der Waals surface area contributed by atoms with E-state index in [1.165, 1.54) is 12.3 Å². The molecule has 0 fully saturated rings. The summed E-state index contributed by atoms with van der Waals surface area (Å²) in [6, 6.07) is 1.53. The summed E-state index contributed by atoms with van der Waals surface area (Å²) in [7, 11) is -1.47. The average Bonchev–Trinajstić information content (AvgIpc) is 2.65. The molecular weight excluding hydrogens is 202 g/mol. The third kappa shape index (κ3) is 3.13. The molecule has 0 aliphatic rings. The first-order chi connectivity index (χ1) is 6.67. The van der Waals surface area contributed by atoms with Crippen LogP contribution in [0, 0.1) is 0 Å². The first-order valence-corrected chi connectivity index (χ1v) is 5.92. The highest BCUT2D eigenvalue weighted by atomic mass is 32.2. The topological polar surface area (TPSA) is 74.0 Å². The van der Waals surface area contributed by atoms with E-state index in [0.29, 0.717) is 6.54 Å². The Morgan fingerprint density at radius 3 is 2.79 bits per heavy atom. The van der Waals surface area contributed by atoms with Crippen LogP contribution in [0.4, 0.5) is 0 Å². The number of hydrogen-bond acceptors (Lipinski definition) is 3. The van der Waals surface area contributed by atoms with Crippen molar-refractivity contribution in [3.8, 4) is 0 Å². The maximum atomic E-state index is 11.5. The lowest BCUT2D eigenvalue weighted by atomic mass is 10.4. The van der Waals surface area contributed by atoms with Gasteiger partial charge in [0.05, 0.1) is 4.90 Å². The summed E-state index contributed by atoms with van der Waals surface area (Å²) in [5.74, 6) is 0. The molecule has 0 aliphatic carbocycles. The third-order valence-electron chi connectivity index (χ3n) is 1.78. The monoisotopic (exact) mass is 217 g/mol. The summed E-state index contributed by atoms with van der Waals surface area (Å²) < 4.78 is 25.5. The number of H-pyrrole nitrogens is 1. The lowest BCUT2D eigenvalue weighted by Gasteiger charge is -2.03. The van der Waals surface area contributed by atoms with E-state index in [9.17, 15) is 8.42 Å². The van der Waals surface area contributed by atoms with Gasteiger partial charge in [-0.25, -0.2) is 13.1 Å². The molecule has 0 unspecified atom stereocenters. The molecule has 0 saturated heterocycles. The van der Waals surface area contributed by atoms with Gasteiger partial charge in [-0.2, -0.15) is 0 Å². The predicted octanol–water partition coefficient (Wildman–Crippen LogP) is -0.0975. The van der Waals surface area contributed by atoms with Gasteiger partial charge in [0, 0.05) is 18.9 Å². The van der Waals surface area contributed by atoms with Gasteiger partial charge in [0.2, 0.25) is 10.0 Å². The molecule has 0 saturated carbocycles. The van der Waals surface area contributed by atoms with Gasteiger partial charge < -0.3 is 10.3 Å². The van der Waals surface area contributed by atoms with Crippen LogP contribution in [0.5, 0.6) is 0 Å². The zero-order valence-electron chi connectivity index (χ0n) is 8.08. The average molecular weight is 217 g/mol. The Hall–Kier alpha value is -0.850. The van der Waals surface area contributed by atoms with Crippen LogP contribution in [-0.4, -0.2) is 33.5 Å². The van der Waals surface area contributed by atoms with Crippen molar-refractivity contribution in [2.75, 3.05) is 20.1 Å². The van der Waals surface area contributed by atoms with Gasteiger partial charge in [-0.1, -0.05) is 0 Å². The molecule has 80 valence electrons. The van der Waals surface area contributed by atoms with E-state index in [2.05, 4.69) is 15.0 Å². The van der Waals surface area contributed by atoms with Crippen molar-refractivity contribution < 1.29 is 8.42 Å². The van der Waals surface area contributed by atoms with Crippen molar-refractivity contribution in [3.63, 3.8) is 0 Å². The highest BCUT2D eigenvalue weighted by Gasteiger charge is 2.12. The maximum absolute atomic E-state index is 11.5. The Morgan fingerprint density at radius 2 is 2.21 bits per heavy atom. The molecule has 3 N–H and O–H groups in total. The molecule has 0 aliphatic heterocycles. The summed E-state index contributed by atoms with van der Waals surface area (Å²) in [6.07, 6.45) is 3.82. The van der Waals surface area contributed by atoms with Gasteiger partial charge in [0.15, 0.2) is 0 Å². The lowest BCUT2D eigenvalue weighted by molar-refractivity contribution is 0.577. The summed E-state index contributed by atoms with van der Waals surface area (Å²) in [6.45, 7) is 1.25. The number of sulfonamides is 1. The van der Waals surface area contributed by atoms with Crippen molar-refractivity contribution in [1.29, 1.82) is 0 Å². The Kier molecular flexibility index (Phi) is 4.12. The Balaban J connectivity index is 2.44. The number of aromatic amines is 1. The molecule has 1 heterocycles. The quantitative estimate of drug-likeness (QED) is 0.583. The molecule has 0 bridgehead atoms. The fraction of sp³-hybridized carbons (Fsp3) is 0.500. The van der Waals surface area contributed by atoms with Gasteiger partial charge in [-0.05, 0) is 26.1 Å². The molecule has 14 heavy (non-hydrogen) atoms. The standard InChI is InChI=1S/C8H15N3O2S/c1-9-4-2-5-11-14(12,13)8-3-6-10-7-8/h3,6-7,9-11H,2,4-5H2,1H3. The van der Waals surface area contributed by atoms with E-state index in [-0.39, 0.29) is 4.90 Å². The van der Waals surface area contributed by atoms with Crippen LogP contribution in [0.1, 0.15) is 6.42 Å². The van der Waals surface area contributed by atoms with Crippen molar-refractivity contribution in [3.05, 3.63) is 18.5 Å². The summed E-state index contributed by atoms with van der Waals surface area (Å²) >= 11 is 0. The lowest BCUT2D eigenvalue weighted by Crippen LogP contribution is -2.26. The number of aromatic nitrogens is 1. The van der Waals surface area contributed by atoms with Crippen LogP contribution in [-0.2, 0) is 10.0 Å². The van der Waals surface area contributed by atoms with Gasteiger partial charge >= 0.3 is 0 Å². The van der Waals surface area contributed by atoms with Crippen molar-refractivity contribution in [2.45, 2.75) is 11.3 Å². The van der Waals surface area contributed by atoms with Crippen LogP contribution in [0.2, 0.25) is 0 Å². The van der Waals surface area contributed by atoms with E-state index in [1.807, 2.05) is 7.05 Å². The van der Waals surface area contributed by atoms with E-state index in [4.69, 9.17) is 0 Å². The minimum Gasteiger partial charge on any atom is -0.366 e. The van der Waals surface area contributed by atoms with E-state index in [1.54, 1.807) is 6.20 Å². The number of rotatable bonds is 6. The van der Waals surface area contributed by atoms with Crippen LogP contribution in [0.3, 0.4) is 0 Å². The van der Waals surface area contributed by atoms with Crippen LogP contribution < -0.4 is 10.0 Å². The molecule has 6 heteroatoms. The molecule has 1 aromatic rings. The molecule has 0 radical (unpaired) electrons. The van der Waals surface area contributed by atoms with Gasteiger partial charge in [0.25, 0.3) is 0 Å². The minimum absolute atomic E-state index is 0.280. The molecule has 0 spiro atoms. The zero-order valence-corrected chi connectivity index (χ0v) is 8.89. The Morgan fingerprint density at radius 1 is 1.43 bits per heavy atom. The van der Waals surface area contributed by atoms with Crippen LogP contribution in [0.25, 0.3) is 0 Å². The Labute approximate surface area is 84.0 Å². The first-order valence-electron chi connectivity index (χ1n) is 4.44. The smallest absolute Gasteiger partial charge is 0.242 e. The molecule has 5 nitrogen and oxygen atoms in total. The number of nitrogens with one attached hydrogen (secondary N) is 3. The van der Waals surface area contributed by atoms with Crippen LogP contribution >= 0.6 is 0 Å². The molecule has 0 aromatic carbocycles. The Bertz CT molecular complexity index is 345. The highest BCUT2D eigenvalue weighted by Crippen LogP contribution is 2.05. The largest absolute Gasteiger partial charge is 0.366 e. The second-order valence-corrected chi connectivity index (χ2v) is 4.67. The molecule has 1 aromatic heterocycles. The van der Waals surface area contributed by atoms with Gasteiger partial charge in [-0.15, -0.1) is 0 Å². The molecular formula is C8H15N3O2S. The van der Waals surface area contributed by atoms with Crippen molar-refractivity contribution >= 4 is 10.0 Å². The van der Waals surface area contributed by atoms with Gasteiger partial charge in [-0.3, -0.25) is 0 Å². The minimum atomic E-state index is -3.31. The molecule has 0 amide bonds. The second kappa shape index (κ2) is 5.14. The fourth-order valence-corrected chi connectivity index (χ4v) is 2.08. The normalized spacial score (nSPS) is 11.8. The van der Waals surface area contributed by atoms with Crippen LogP contribution in [0.15, 0.2) is 23.4 Å². The summed E-state index contributed by atoms with van der Waals surface area (Å²) in [5, 5.41) is 2.95.